The highest BCUT2D eigenvalue weighted by atomic mass is 35.5. The zero-order chi connectivity index (χ0) is 39.5. The van der Waals surface area contributed by atoms with Crippen LogP contribution in [0.5, 0.6) is 11.5 Å². The average Bonchev–Trinajstić information content (AvgIpc) is 3.49. The van der Waals surface area contributed by atoms with Crippen molar-refractivity contribution in [3.05, 3.63) is 80.8 Å². The van der Waals surface area contributed by atoms with Gasteiger partial charge in [0.05, 0.1) is 22.3 Å². The smallest absolute Gasteiger partial charge is 0.387 e. The summed E-state index contributed by atoms with van der Waals surface area (Å²) in [5.74, 6) is -2.06. The van der Waals surface area contributed by atoms with Gasteiger partial charge in [0.1, 0.15) is 11.9 Å². The molecule has 5 rings (SSSR count). The Morgan fingerprint density at radius 1 is 0.982 bits per heavy atom. The number of likely N-dealkylation sites (tertiary alicyclic amines) is 1. The molecule has 296 valence electrons. The number of anilines is 1. The van der Waals surface area contributed by atoms with Gasteiger partial charge >= 0.3 is 6.61 Å². The fourth-order valence-corrected chi connectivity index (χ4v) is 7.52. The van der Waals surface area contributed by atoms with Crippen LogP contribution in [-0.2, 0) is 16.1 Å². The zero-order valence-electron chi connectivity index (χ0n) is 30.4. The first-order valence-corrected chi connectivity index (χ1v) is 19.1. The summed E-state index contributed by atoms with van der Waals surface area (Å²) in [5.41, 5.74) is 2.20. The van der Waals surface area contributed by atoms with E-state index in [9.17, 15) is 32.3 Å². The lowest BCUT2D eigenvalue weighted by Crippen LogP contribution is -2.44. The third-order valence-electron chi connectivity index (χ3n) is 10.0. The molecule has 1 unspecified atom stereocenters. The normalized spacial score (nSPS) is 15.2. The van der Waals surface area contributed by atoms with Gasteiger partial charge in [0.25, 0.3) is 11.8 Å². The highest BCUT2D eigenvalue weighted by Gasteiger charge is 2.37. The van der Waals surface area contributed by atoms with Crippen molar-refractivity contribution in [2.24, 2.45) is 0 Å². The van der Waals surface area contributed by atoms with Gasteiger partial charge in [-0.25, -0.2) is 4.39 Å². The van der Waals surface area contributed by atoms with E-state index in [1.54, 1.807) is 6.92 Å². The number of alkyl halides is 2. The quantitative estimate of drug-likeness (QED) is 0.0922. The molecule has 16 heteroatoms. The summed E-state index contributed by atoms with van der Waals surface area (Å²) in [6.07, 6.45) is 11.5. The molecule has 4 amide bonds. The second kappa shape index (κ2) is 20.0. The minimum absolute atomic E-state index is 0.0259. The molecule has 0 aliphatic carbocycles. The summed E-state index contributed by atoms with van der Waals surface area (Å²) in [4.78, 5) is 56.5. The minimum atomic E-state index is -3.06. The number of piperidine rings is 1. The Bertz CT molecular complexity index is 1830. The molecule has 1 aromatic heterocycles. The van der Waals surface area contributed by atoms with Crippen LogP contribution in [0.3, 0.4) is 0 Å². The average molecular weight is 807 g/mol. The lowest BCUT2D eigenvalue weighted by Gasteiger charge is -2.33. The second-order valence-electron chi connectivity index (χ2n) is 13.7. The molecule has 11 nitrogen and oxygen atoms in total. The first-order valence-electron chi connectivity index (χ1n) is 18.4. The molecule has 2 aliphatic heterocycles. The number of halogens is 5. The van der Waals surface area contributed by atoms with Crippen LogP contribution in [0, 0.1) is 5.82 Å². The molecule has 0 saturated carbocycles. The van der Waals surface area contributed by atoms with Gasteiger partial charge in [0.2, 0.25) is 12.3 Å². The van der Waals surface area contributed by atoms with Gasteiger partial charge in [0, 0.05) is 30.1 Å². The number of hydrogen-bond acceptors (Lipinski definition) is 8. The van der Waals surface area contributed by atoms with E-state index >= 15 is 0 Å². The van der Waals surface area contributed by atoms with Gasteiger partial charge in [0.15, 0.2) is 11.5 Å². The van der Waals surface area contributed by atoms with E-state index in [2.05, 4.69) is 25.3 Å². The summed E-state index contributed by atoms with van der Waals surface area (Å²) in [6.45, 7) is 1.67. The van der Waals surface area contributed by atoms with Crippen molar-refractivity contribution >= 4 is 53.0 Å². The molecule has 1 fully saturated rings. The summed E-state index contributed by atoms with van der Waals surface area (Å²) in [5, 5.41) is 4.98. The number of nitrogens with one attached hydrogen (secondary N) is 2. The van der Waals surface area contributed by atoms with Crippen LogP contribution in [0.25, 0.3) is 0 Å². The molecule has 1 saturated heterocycles. The molecular formula is C39H44Cl2F3N5O6. The van der Waals surface area contributed by atoms with E-state index in [-0.39, 0.29) is 63.8 Å². The number of benzene rings is 2. The Labute approximate surface area is 327 Å². The number of nitrogens with zero attached hydrogens (tertiary/aromatic N) is 3. The van der Waals surface area contributed by atoms with Gasteiger partial charge in [-0.15, -0.1) is 0 Å². The Balaban J connectivity index is 0.986. The largest absolute Gasteiger partial charge is 0.490 e. The molecule has 0 spiro atoms. The number of carbonyl (C=O) groups is 4. The van der Waals surface area contributed by atoms with Crippen LogP contribution in [0.1, 0.15) is 102 Å². The summed E-state index contributed by atoms with van der Waals surface area (Å²) < 4.78 is 51.1. The fourth-order valence-electron chi connectivity index (χ4n) is 7.06. The first-order chi connectivity index (χ1) is 26.5. The van der Waals surface area contributed by atoms with Gasteiger partial charge in [-0.1, -0.05) is 55.3 Å². The number of unbranched alkanes of at least 4 members (excludes halogenated alkanes) is 6. The van der Waals surface area contributed by atoms with Crippen molar-refractivity contribution in [2.45, 2.75) is 89.8 Å². The van der Waals surface area contributed by atoms with Crippen LogP contribution in [0.4, 0.5) is 18.9 Å². The molecule has 2 aliphatic rings. The maximum absolute atomic E-state index is 14.7. The predicted molar refractivity (Wildman–Crippen MR) is 201 cm³/mol. The summed E-state index contributed by atoms with van der Waals surface area (Å²) in [7, 11) is 0. The second-order valence-corrected chi connectivity index (χ2v) is 14.5. The molecule has 55 heavy (non-hydrogen) atoms. The number of hydrogen-bond donors (Lipinski definition) is 2. The van der Waals surface area contributed by atoms with Crippen LogP contribution in [0.15, 0.2) is 42.7 Å². The number of imide groups is 1. The molecule has 2 aromatic carbocycles. The van der Waals surface area contributed by atoms with E-state index in [0.717, 1.165) is 82.1 Å². The van der Waals surface area contributed by atoms with Crippen LogP contribution < -0.4 is 20.1 Å². The van der Waals surface area contributed by atoms with Gasteiger partial charge in [-0.05, 0) is 99.6 Å². The number of ether oxygens (including phenoxy) is 2. The SMILES string of the molecule is CC(C(=O)NC=O)N1Cc2c(cc(F)cc2C2CCN(CCCCCCCCCOc3cc(C(=O)Nc4c(Cl)cncc4Cl)ccc3OC(F)F)CC2)C1=O. The van der Waals surface area contributed by atoms with Crippen molar-refractivity contribution in [1.82, 2.24) is 20.1 Å². The number of rotatable bonds is 19. The highest BCUT2D eigenvalue weighted by Crippen LogP contribution is 2.37. The Morgan fingerprint density at radius 3 is 2.33 bits per heavy atom. The Hall–Kier alpha value is -4.40. The van der Waals surface area contributed by atoms with Crippen LogP contribution >= 0.6 is 23.2 Å². The first kappa shape index (κ1) is 41.8. The molecular weight excluding hydrogens is 762 g/mol. The molecule has 0 bridgehead atoms. The van der Waals surface area contributed by atoms with Crippen molar-refractivity contribution < 1.29 is 41.8 Å². The summed E-state index contributed by atoms with van der Waals surface area (Å²) in [6, 6.07) is 5.83. The van der Waals surface area contributed by atoms with E-state index in [0.29, 0.717) is 6.42 Å². The van der Waals surface area contributed by atoms with E-state index in [1.807, 2.05) is 0 Å². The Morgan fingerprint density at radius 2 is 1.65 bits per heavy atom. The zero-order valence-corrected chi connectivity index (χ0v) is 31.9. The summed E-state index contributed by atoms with van der Waals surface area (Å²) >= 11 is 12.2. The number of fused-ring (bicyclic) bond motifs is 1. The number of carbonyl (C=O) groups excluding carboxylic acids is 4. The van der Waals surface area contributed by atoms with Crippen LogP contribution in [-0.4, -0.2) is 77.8 Å². The van der Waals surface area contributed by atoms with Crippen molar-refractivity contribution in [3.63, 3.8) is 0 Å². The van der Waals surface area contributed by atoms with Gasteiger partial charge in [-0.3, -0.25) is 29.5 Å². The third kappa shape index (κ3) is 11.1. The molecule has 1 atom stereocenters. The number of pyridine rings is 1. The predicted octanol–water partition coefficient (Wildman–Crippen LogP) is 7.99. The number of amides is 4. The van der Waals surface area contributed by atoms with Crippen molar-refractivity contribution in [2.75, 3.05) is 31.6 Å². The highest BCUT2D eigenvalue weighted by molar-refractivity contribution is 6.39. The van der Waals surface area contributed by atoms with E-state index in [4.69, 9.17) is 27.9 Å². The van der Waals surface area contributed by atoms with Gasteiger partial charge in [-0.2, -0.15) is 8.78 Å². The van der Waals surface area contributed by atoms with Crippen LogP contribution in [0.2, 0.25) is 10.0 Å². The van der Waals surface area contributed by atoms with Crippen molar-refractivity contribution in [3.8, 4) is 11.5 Å². The number of aromatic nitrogens is 1. The molecule has 2 N–H and O–H groups in total. The molecule has 3 heterocycles. The fraction of sp³-hybridized carbons (Fsp3) is 0.462. The maximum atomic E-state index is 14.7. The third-order valence-corrected chi connectivity index (χ3v) is 10.6. The minimum Gasteiger partial charge on any atom is -0.490 e. The topological polar surface area (TPSA) is 130 Å². The Kier molecular flexibility index (Phi) is 15.2. The standard InChI is InChI=1S/C39H44Cl2F3N5O6/c1-24(36(51)46-23-50)49-22-30-28(18-27(42)19-29(30)38(49)53)25-11-14-48(15-12-25)13-7-5-3-2-4-6-8-16-54-34-17-26(9-10-33(34)55-39(43)44)37(52)47-35-31(40)20-45-21-32(35)41/h9-10,17-21,23-25,39H,2-8,11-16,22H2,1H3,(H,45,47,52)(H,46,50,51). The molecule has 3 aromatic rings. The maximum Gasteiger partial charge on any atom is 0.387 e. The lowest BCUT2D eigenvalue weighted by atomic mass is 9.85. The molecule has 0 radical (unpaired) electrons. The van der Waals surface area contributed by atoms with E-state index in [1.165, 1.54) is 47.6 Å². The van der Waals surface area contributed by atoms with Gasteiger partial charge < -0.3 is 24.6 Å². The monoisotopic (exact) mass is 805 g/mol. The van der Waals surface area contributed by atoms with Crippen molar-refractivity contribution in [1.29, 1.82) is 0 Å². The van der Waals surface area contributed by atoms with E-state index < -0.39 is 36.2 Å². The lowest BCUT2D eigenvalue weighted by molar-refractivity contribution is -0.128.